The molecule has 1 aromatic rings. The fourth-order valence-corrected chi connectivity index (χ4v) is 3.14. The van der Waals surface area contributed by atoms with Crippen molar-refractivity contribution in [1.29, 1.82) is 0 Å². The second-order valence-corrected chi connectivity index (χ2v) is 8.37. The van der Waals surface area contributed by atoms with Gasteiger partial charge in [0.2, 0.25) is 0 Å². The first-order chi connectivity index (χ1) is 13.6. The number of carbonyl (C=O) groups excluding carboxylic acids is 3. The van der Waals surface area contributed by atoms with Gasteiger partial charge in [-0.1, -0.05) is 0 Å². The fraction of sp³-hybridized carbons (Fsp3) is 0.632. The molecule has 0 saturated carbocycles. The van der Waals surface area contributed by atoms with Crippen molar-refractivity contribution in [1.82, 2.24) is 9.13 Å². The molecule has 11 heteroatoms. The summed E-state index contributed by atoms with van der Waals surface area (Å²) < 4.78 is 11.8. The molecule has 30 heavy (non-hydrogen) atoms. The van der Waals surface area contributed by atoms with Crippen LogP contribution in [0.5, 0.6) is 0 Å². The highest BCUT2D eigenvalue weighted by Gasteiger charge is 2.55. The van der Waals surface area contributed by atoms with E-state index in [9.17, 15) is 34.2 Å². The second kappa shape index (κ2) is 7.89. The summed E-state index contributed by atoms with van der Waals surface area (Å²) in [5.74, 6) is -1.52. The number of ketones is 2. The minimum Gasteiger partial charge on any atom is -0.443 e. The number of aromatic nitrogens is 2. The van der Waals surface area contributed by atoms with Crippen molar-refractivity contribution in [3.05, 3.63) is 32.6 Å². The Balaban J connectivity index is 2.59. The molecular formula is C19H26N2O9. The van der Waals surface area contributed by atoms with Gasteiger partial charge in [0.05, 0.1) is 0 Å². The molecule has 0 bridgehead atoms. The third-order valence-electron chi connectivity index (χ3n) is 4.74. The topological polar surface area (TPSA) is 154 Å². The molecule has 4 atom stereocenters. The highest BCUT2D eigenvalue weighted by molar-refractivity contribution is 5.88. The standard InChI is InChI=1S/C19H26N2O9/c1-9-8-20(16(26)21(15(9)25)17(27)30-18(4,5)6)12-7-19(28,11(3)23)14(29-12)13(24)10(2)22/h8,12-14,24,28H,7H2,1-6H3/t12-,13?,14-,19-/m1/s1. The van der Waals surface area contributed by atoms with E-state index in [0.29, 0.717) is 0 Å². The second-order valence-electron chi connectivity index (χ2n) is 8.37. The van der Waals surface area contributed by atoms with Crippen molar-refractivity contribution in [2.75, 3.05) is 0 Å². The minimum atomic E-state index is -2.25. The Labute approximate surface area is 171 Å². The summed E-state index contributed by atoms with van der Waals surface area (Å²) in [5, 5.41) is 20.9. The van der Waals surface area contributed by atoms with Gasteiger partial charge in [-0.3, -0.25) is 19.0 Å². The van der Waals surface area contributed by atoms with E-state index in [2.05, 4.69) is 0 Å². The zero-order chi connectivity index (χ0) is 23.2. The maximum Gasteiger partial charge on any atom is 0.425 e. The molecule has 1 saturated heterocycles. The number of ether oxygens (including phenoxy) is 2. The smallest absolute Gasteiger partial charge is 0.425 e. The largest absolute Gasteiger partial charge is 0.443 e. The molecule has 1 aliphatic heterocycles. The molecule has 2 heterocycles. The quantitative estimate of drug-likeness (QED) is 0.658. The Morgan fingerprint density at radius 3 is 2.30 bits per heavy atom. The van der Waals surface area contributed by atoms with Crippen molar-refractivity contribution in [2.24, 2.45) is 0 Å². The molecule has 0 amide bonds. The lowest BCUT2D eigenvalue weighted by molar-refractivity contribution is -0.158. The van der Waals surface area contributed by atoms with Crippen LogP contribution in [0.3, 0.4) is 0 Å². The molecule has 1 aromatic heterocycles. The van der Waals surface area contributed by atoms with Crippen LogP contribution in [0, 0.1) is 6.92 Å². The van der Waals surface area contributed by atoms with Gasteiger partial charge >= 0.3 is 11.8 Å². The van der Waals surface area contributed by atoms with Gasteiger partial charge in [-0.05, 0) is 41.5 Å². The number of nitrogens with zero attached hydrogens (tertiary/aromatic N) is 2. The Morgan fingerprint density at radius 2 is 1.83 bits per heavy atom. The third kappa shape index (κ3) is 4.27. The van der Waals surface area contributed by atoms with Gasteiger partial charge < -0.3 is 19.7 Å². The van der Waals surface area contributed by atoms with Gasteiger partial charge in [-0.2, -0.15) is 4.57 Å². The van der Waals surface area contributed by atoms with Crippen LogP contribution < -0.4 is 11.2 Å². The summed E-state index contributed by atoms with van der Waals surface area (Å²) in [6.45, 7) is 8.15. The van der Waals surface area contributed by atoms with Crippen LogP contribution in [-0.2, 0) is 19.1 Å². The lowest BCUT2D eigenvalue weighted by atomic mass is 9.86. The highest BCUT2D eigenvalue weighted by atomic mass is 16.6. The van der Waals surface area contributed by atoms with Crippen LogP contribution in [0.4, 0.5) is 4.79 Å². The fourth-order valence-electron chi connectivity index (χ4n) is 3.14. The zero-order valence-electron chi connectivity index (χ0n) is 17.7. The number of hydrogen-bond acceptors (Lipinski definition) is 9. The van der Waals surface area contributed by atoms with Crippen molar-refractivity contribution in [3.8, 4) is 0 Å². The van der Waals surface area contributed by atoms with E-state index in [0.717, 1.165) is 24.6 Å². The summed E-state index contributed by atoms with van der Waals surface area (Å²) >= 11 is 0. The van der Waals surface area contributed by atoms with Crippen LogP contribution in [-0.4, -0.2) is 60.4 Å². The van der Waals surface area contributed by atoms with Crippen molar-refractivity contribution in [3.63, 3.8) is 0 Å². The number of aliphatic hydroxyl groups excluding tert-OH is 1. The summed E-state index contributed by atoms with van der Waals surface area (Å²) in [6, 6.07) is 0. The first-order valence-electron chi connectivity index (χ1n) is 9.25. The minimum absolute atomic E-state index is 0.00834. The van der Waals surface area contributed by atoms with Gasteiger partial charge in [0, 0.05) is 18.2 Å². The molecular weight excluding hydrogens is 400 g/mol. The van der Waals surface area contributed by atoms with E-state index in [-0.39, 0.29) is 10.1 Å². The monoisotopic (exact) mass is 426 g/mol. The highest BCUT2D eigenvalue weighted by Crippen LogP contribution is 2.38. The summed E-state index contributed by atoms with van der Waals surface area (Å²) in [7, 11) is 0. The summed E-state index contributed by atoms with van der Waals surface area (Å²) in [5.41, 5.74) is -5.26. The normalized spacial score (nSPS) is 25.1. The SMILES string of the molecule is CC(=O)C(O)[C@H]1O[C@@H](n2cc(C)c(=O)n(C(=O)OC(C)(C)C)c2=O)C[C@@]1(O)C(C)=O. The molecule has 1 unspecified atom stereocenters. The molecule has 1 fully saturated rings. The average Bonchev–Trinajstić information content (AvgIpc) is 2.94. The van der Waals surface area contributed by atoms with Gasteiger partial charge in [-0.15, -0.1) is 0 Å². The maximum atomic E-state index is 12.9. The third-order valence-corrected chi connectivity index (χ3v) is 4.74. The average molecular weight is 426 g/mol. The molecule has 11 nitrogen and oxygen atoms in total. The van der Waals surface area contributed by atoms with Gasteiger partial charge in [0.1, 0.15) is 24.0 Å². The van der Waals surface area contributed by atoms with Crippen molar-refractivity contribution >= 4 is 17.7 Å². The molecule has 2 N–H and O–H groups in total. The van der Waals surface area contributed by atoms with Crippen molar-refractivity contribution in [2.45, 2.75) is 77.6 Å². The van der Waals surface area contributed by atoms with Crippen LogP contribution >= 0.6 is 0 Å². The summed E-state index contributed by atoms with van der Waals surface area (Å²) in [4.78, 5) is 61.4. The van der Waals surface area contributed by atoms with E-state index >= 15 is 0 Å². The maximum absolute atomic E-state index is 12.9. The zero-order valence-corrected chi connectivity index (χ0v) is 17.7. The van der Waals surface area contributed by atoms with Crippen LogP contribution in [0.2, 0.25) is 0 Å². The molecule has 2 rings (SSSR count). The molecule has 0 spiro atoms. The molecule has 0 aromatic carbocycles. The lowest BCUT2D eigenvalue weighted by Crippen LogP contribution is -2.52. The van der Waals surface area contributed by atoms with Gasteiger partial charge in [-0.25, -0.2) is 9.59 Å². The molecule has 0 aliphatic carbocycles. The first-order valence-corrected chi connectivity index (χ1v) is 9.25. The Morgan fingerprint density at radius 1 is 1.27 bits per heavy atom. The number of carbonyl (C=O) groups is 3. The van der Waals surface area contributed by atoms with Crippen LogP contribution in [0.1, 0.15) is 52.8 Å². The van der Waals surface area contributed by atoms with E-state index in [1.807, 2.05) is 0 Å². The Hall–Kier alpha value is -2.63. The van der Waals surface area contributed by atoms with E-state index < -0.39 is 65.0 Å². The van der Waals surface area contributed by atoms with Crippen LogP contribution in [0.25, 0.3) is 0 Å². The number of rotatable bonds is 4. The molecule has 1 aliphatic rings. The lowest BCUT2D eigenvalue weighted by Gasteiger charge is -2.27. The number of Topliss-reactive ketones (excluding diaryl/α,β-unsaturated/α-hetero) is 2. The van der Waals surface area contributed by atoms with E-state index in [1.165, 1.54) is 6.92 Å². The predicted molar refractivity (Wildman–Crippen MR) is 102 cm³/mol. The molecule has 166 valence electrons. The Bertz CT molecular complexity index is 1000. The first kappa shape index (κ1) is 23.6. The van der Waals surface area contributed by atoms with Gasteiger partial charge in [0.25, 0.3) is 5.56 Å². The van der Waals surface area contributed by atoms with Crippen molar-refractivity contribution < 1.29 is 34.1 Å². The number of aliphatic hydroxyl groups is 2. The van der Waals surface area contributed by atoms with Crippen LogP contribution in [0.15, 0.2) is 15.8 Å². The predicted octanol–water partition coefficient (Wildman–Crippen LogP) is -0.341. The van der Waals surface area contributed by atoms with Gasteiger partial charge in [0.15, 0.2) is 17.2 Å². The van der Waals surface area contributed by atoms with E-state index in [4.69, 9.17) is 9.47 Å². The Kier molecular flexibility index (Phi) is 6.22. The number of aryl methyl sites for hydroxylation is 1. The van der Waals surface area contributed by atoms with E-state index in [1.54, 1.807) is 20.8 Å². The number of hydrogen-bond donors (Lipinski definition) is 2. The summed E-state index contributed by atoms with van der Waals surface area (Å²) in [6.07, 6.45) is -5.36. The molecule has 0 radical (unpaired) electrons.